The van der Waals surface area contributed by atoms with Gasteiger partial charge >= 0.3 is 24.4 Å². The average molecular weight is 1120 g/mol. The summed E-state index contributed by atoms with van der Waals surface area (Å²) < 4.78 is 101. The van der Waals surface area contributed by atoms with Gasteiger partial charge < -0.3 is 39.0 Å². The van der Waals surface area contributed by atoms with Gasteiger partial charge in [-0.3, -0.25) is 30.0 Å². The summed E-state index contributed by atoms with van der Waals surface area (Å²) in [5.41, 5.74) is 2.47. The molecular formula is C53H64F6N10O10. The number of rotatable bonds is 15. The summed E-state index contributed by atoms with van der Waals surface area (Å²) in [6.07, 6.45) is -5.77. The van der Waals surface area contributed by atoms with Crippen molar-refractivity contribution in [1.29, 1.82) is 0 Å². The van der Waals surface area contributed by atoms with Crippen LogP contribution in [0, 0.1) is 25.7 Å². The third-order valence-corrected chi connectivity index (χ3v) is 14.1. The summed E-state index contributed by atoms with van der Waals surface area (Å²) in [5.74, 6) is -4.09. The van der Waals surface area contributed by atoms with Crippen LogP contribution >= 0.6 is 0 Å². The number of ketones is 2. The number of carbonyl (C=O) groups excluding carboxylic acids is 4. The van der Waals surface area contributed by atoms with Gasteiger partial charge in [0.2, 0.25) is 0 Å². The molecule has 428 valence electrons. The van der Waals surface area contributed by atoms with E-state index in [2.05, 4.69) is 40.4 Å². The van der Waals surface area contributed by atoms with Gasteiger partial charge in [0.1, 0.15) is 59.9 Å². The van der Waals surface area contributed by atoms with Crippen LogP contribution in [-0.4, -0.2) is 149 Å². The minimum atomic E-state index is -4.50. The number of fused-ring (bicyclic) bond motifs is 8. The van der Waals surface area contributed by atoms with Crippen molar-refractivity contribution in [2.24, 2.45) is 11.8 Å². The van der Waals surface area contributed by atoms with Gasteiger partial charge in [-0.05, 0) is 88.8 Å². The van der Waals surface area contributed by atoms with Gasteiger partial charge in [-0.1, -0.05) is 13.8 Å². The number of aryl methyl sites for hydroxylation is 2. The monoisotopic (exact) mass is 1110 g/mol. The van der Waals surface area contributed by atoms with Crippen LogP contribution in [0.5, 0.6) is 11.5 Å². The molecule has 4 bridgehead atoms. The molecule has 3 fully saturated rings. The van der Waals surface area contributed by atoms with Crippen molar-refractivity contribution in [3.63, 3.8) is 0 Å². The van der Waals surface area contributed by atoms with Gasteiger partial charge in [-0.15, -0.1) is 0 Å². The van der Waals surface area contributed by atoms with Crippen LogP contribution in [0.1, 0.15) is 98.3 Å². The molecule has 4 N–H and O–H groups in total. The van der Waals surface area contributed by atoms with Gasteiger partial charge in [-0.2, -0.15) is 26.3 Å². The number of halogens is 6. The summed E-state index contributed by atoms with van der Waals surface area (Å²) in [7, 11) is 0. The first-order chi connectivity index (χ1) is 37.3. The maximum absolute atomic E-state index is 13.7. The summed E-state index contributed by atoms with van der Waals surface area (Å²) in [6.45, 7) is 11.8. The minimum Gasteiger partial charge on any atom is -0.491 e. The van der Waals surface area contributed by atoms with Crippen LogP contribution in [0.25, 0.3) is 0 Å². The lowest BCUT2D eigenvalue weighted by Crippen LogP contribution is -2.56. The van der Waals surface area contributed by atoms with Gasteiger partial charge in [-0.25, -0.2) is 29.5 Å². The van der Waals surface area contributed by atoms with Crippen LogP contribution in [0.15, 0.2) is 48.8 Å². The Morgan fingerprint density at radius 3 is 1.62 bits per heavy atom. The lowest BCUT2D eigenvalue weighted by molar-refractivity contribution is -0.169. The van der Waals surface area contributed by atoms with E-state index in [0.29, 0.717) is 66.5 Å². The fourth-order valence-electron chi connectivity index (χ4n) is 10.1. The number of hydrogen-bond acceptors (Lipinski definition) is 16. The highest BCUT2D eigenvalue weighted by atomic mass is 19.4. The molecule has 4 aromatic rings. The highest BCUT2D eigenvalue weighted by Gasteiger charge is 2.44. The number of alkyl halides is 6. The maximum atomic E-state index is 13.7. The van der Waals surface area contributed by atoms with E-state index < -0.39 is 79.2 Å². The van der Waals surface area contributed by atoms with E-state index in [4.69, 9.17) is 24.1 Å². The molecule has 0 aliphatic carbocycles. The third kappa shape index (κ3) is 13.9. The molecule has 3 saturated heterocycles. The Kier molecular flexibility index (Phi) is 17.6. The zero-order valence-corrected chi connectivity index (χ0v) is 44.5. The Morgan fingerprint density at radius 2 is 1.20 bits per heavy atom. The summed E-state index contributed by atoms with van der Waals surface area (Å²) >= 11 is 0. The van der Waals surface area contributed by atoms with Crippen LogP contribution in [0.2, 0.25) is 0 Å². The zero-order chi connectivity index (χ0) is 57.1. The summed E-state index contributed by atoms with van der Waals surface area (Å²) in [6, 6.07) is 7.68. The molecular weight excluding hydrogens is 1050 g/mol. The number of aromatic nitrogens is 4. The number of nitrogens with one attached hydrogen (secondary N) is 2. The topological polar surface area (TPSA) is 234 Å². The fraction of sp³-hybridized carbons (Fsp3) is 0.547. The second kappa shape index (κ2) is 23.8. The lowest BCUT2D eigenvalue weighted by atomic mass is 9.96. The number of anilines is 6. The van der Waals surface area contributed by atoms with Crippen LogP contribution in [-0.2, 0) is 9.47 Å². The van der Waals surface area contributed by atoms with Gasteiger partial charge in [0, 0.05) is 63.5 Å². The molecule has 9 heterocycles. The van der Waals surface area contributed by atoms with Gasteiger partial charge in [0.25, 0.3) is 0 Å². The van der Waals surface area contributed by atoms with E-state index >= 15 is 0 Å². The first kappa shape index (κ1) is 58.3. The predicted octanol–water partition coefficient (Wildman–Crippen LogP) is 8.42. The molecule has 0 spiro atoms. The average Bonchev–Trinajstić information content (AvgIpc) is 3.94. The first-order valence-corrected chi connectivity index (χ1v) is 26.0. The number of aliphatic hydroxyl groups excluding tert-OH is 2. The Labute approximate surface area is 451 Å². The van der Waals surface area contributed by atoms with E-state index in [1.807, 2.05) is 13.8 Å². The number of carbonyl (C=O) groups is 4. The number of ether oxygens (including phenoxy) is 4. The molecule has 4 amide bonds. The van der Waals surface area contributed by atoms with E-state index in [1.165, 1.54) is 46.5 Å². The van der Waals surface area contributed by atoms with Crippen molar-refractivity contribution < 1.29 is 74.7 Å². The second-order valence-electron chi connectivity index (χ2n) is 20.9. The molecule has 26 heteroatoms. The molecule has 0 radical (unpaired) electrons. The highest BCUT2D eigenvalue weighted by molar-refractivity contribution is 6.06. The molecule has 4 aromatic heterocycles. The number of hydrogen-bond donors (Lipinski definition) is 4. The normalized spacial score (nSPS) is 20.4. The summed E-state index contributed by atoms with van der Waals surface area (Å²) in [4.78, 5) is 77.3. The van der Waals surface area contributed by atoms with Crippen molar-refractivity contribution in [1.82, 2.24) is 19.9 Å². The molecule has 0 saturated carbocycles. The summed E-state index contributed by atoms with van der Waals surface area (Å²) in [5, 5.41) is 24.0. The minimum absolute atomic E-state index is 0.0915. The van der Waals surface area contributed by atoms with Gasteiger partial charge in [0.15, 0.2) is 29.0 Å². The molecule has 9 rings (SSSR count). The number of pyridine rings is 4. The molecule has 0 unspecified atom stereocenters. The van der Waals surface area contributed by atoms with Crippen molar-refractivity contribution in [2.75, 3.05) is 82.8 Å². The SMILES string of the molecule is Cc1cc(C(=O)C[C@H](C)C(F)(F)F)nc2c1N1CCC[C@@H](C1)N2C(=O)Nc1cc(OC[C@H](O)CO)ccn1.Cc1cc(C(=O)C[C@H](C)C(F)(F)F)nc2c1N1CCC[C@@H](C1)N2C(=O)Nc1cc(OC[C@H]2COC(C)(C)O2)ccn1. The number of amides is 4. The first-order valence-electron chi connectivity index (χ1n) is 26.0. The Bertz CT molecular complexity index is 2900. The fourth-order valence-corrected chi connectivity index (χ4v) is 10.1. The largest absolute Gasteiger partial charge is 0.491 e. The Balaban J connectivity index is 0.000000209. The number of Topliss-reactive ketones (excluding diaryl/α,β-unsaturated/α-hetero) is 2. The predicted molar refractivity (Wildman–Crippen MR) is 277 cm³/mol. The van der Waals surface area contributed by atoms with Crippen molar-refractivity contribution >= 4 is 58.3 Å². The second-order valence-corrected chi connectivity index (χ2v) is 20.9. The quantitative estimate of drug-likeness (QED) is 0.0646. The molecule has 5 aliphatic rings. The Hall–Kier alpha value is -6.90. The highest BCUT2D eigenvalue weighted by Crippen LogP contribution is 2.43. The molecule has 20 nitrogen and oxygen atoms in total. The molecule has 5 aliphatic heterocycles. The lowest BCUT2D eigenvalue weighted by Gasteiger charge is -2.46. The number of urea groups is 2. The number of piperidine rings is 2. The maximum Gasteiger partial charge on any atom is 0.391 e. The van der Waals surface area contributed by atoms with Crippen LogP contribution < -0.4 is 39.7 Å². The van der Waals surface area contributed by atoms with E-state index in [-0.39, 0.29) is 66.1 Å². The zero-order valence-electron chi connectivity index (χ0n) is 44.5. The molecule has 6 atom stereocenters. The number of aliphatic hydroxyl groups is 2. The van der Waals surface area contributed by atoms with Crippen molar-refractivity contribution in [3.05, 3.63) is 71.3 Å². The van der Waals surface area contributed by atoms with E-state index in [9.17, 15) is 50.6 Å². The third-order valence-electron chi connectivity index (χ3n) is 14.1. The standard InChI is InChI=1S/C28H34F3N5O5.C25H30F3N5O5/c1-16-10-21(22(37)11-17(2)28(29,30)31)33-25-24(16)35-9-5-6-18(13-35)36(25)26(38)34-23-12-19(7-8-32-23)39-14-20-15-40-27(3,4)41-20;1-14-8-19(20(36)9-15(2)25(26,27)28)30-23-22(14)32-7-3-4-16(11-32)33(23)24(37)31-21-10-18(5-6-29-21)38-13-17(35)12-34/h7-8,10,12,17-18,20H,5-6,9,11,13-15H2,1-4H3,(H,32,34,38);5-6,8,10,15-17,34-35H,3-4,7,9,11-13H2,1-2H3,(H,29,31,37)/t17-,18-,20-;15-,16-,17+/m00/s1. The van der Waals surface area contributed by atoms with Gasteiger partial charge in [0.05, 0.1) is 48.5 Å². The Morgan fingerprint density at radius 1 is 0.747 bits per heavy atom. The van der Waals surface area contributed by atoms with Crippen molar-refractivity contribution in [2.45, 2.75) is 122 Å². The van der Waals surface area contributed by atoms with E-state index in [0.717, 1.165) is 39.8 Å². The smallest absolute Gasteiger partial charge is 0.391 e. The molecule has 79 heavy (non-hydrogen) atoms. The molecule has 0 aromatic carbocycles. The van der Waals surface area contributed by atoms with Crippen LogP contribution in [0.3, 0.4) is 0 Å². The van der Waals surface area contributed by atoms with E-state index in [1.54, 1.807) is 26.0 Å². The van der Waals surface area contributed by atoms with Crippen molar-refractivity contribution in [3.8, 4) is 11.5 Å². The van der Waals surface area contributed by atoms with Crippen LogP contribution in [0.4, 0.5) is 70.6 Å². The number of nitrogens with zero attached hydrogens (tertiary/aromatic N) is 8.